The summed E-state index contributed by atoms with van der Waals surface area (Å²) in [6.45, 7) is 0.692. The number of hydrogen-bond acceptors (Lipinski definition) is 4. The highest BCUT2D eigenvalue weighted by molar-refractivity contribution is 7.80. The molecule has 1 aliphatic heterocycles. The molecule has 4 nitrogen and oxygen atoms in total. The molecule has 1 aromatic heterocycles. The summed E-state index contributed by atoms with van der Waals surface area (Å²) in [4.78, 5) is 4.54. The third kappa shape index (κ3) is 2.44. The number of nitrogens with two attached hydrogens (primary N) is 1. The van der Waals surface area contributed by atoms with Crippen LogP contribution in [-0.4, -0.2) is 16.6 Å². The van der Waals surface area contributed by atoms with Crippen molar-refractivity contribution in [2.75, 3.05) is 11.9 Å². The van der Waals surface area contributed by atoms with E-state index in [2.05, 4.69) is 16.4 Å². The molecule has 0 saturated carbocycles. The van der Waals surface area contributed by atoms with E-state index in [4.69, 9.17) is 22.7 Å². The zero-order valence-electron chi connectivity index (χ0n) is 10.9. The Morgan fingerprint density at radius 2 is 2.15 bits per heavy atom. The number of para-hydroxylation sites is 1. The van der Waals surface area contributed by atoms with Crippen molar-refractivity contribution in [2.24, 2.45) is 5.73 Å². The minimum Gasteiger partial charge on any atom is -0.493 e. The monoisotopic (exact) mass is 285 g/mol. The van der Waals surface area contributed by atoms with Crippen LogP contribution in [0.5, 0.6) is 5.75 Å². The van der Waals surface area contributed by atoms with Gasteiger partial charge in [0.25, 0.3) is 0 Å². The molecule has 1 aromatic carbocycles. The van der Waals surface area contributed by atoms with Crippen molar-refractivity contribution < 1.29 is 4.74 Å². The number of thiocarbonyl (C=S) groups is 1. The van der Waals surface area contributed by atoms with Crippen molar-refractivity contribution in [3.63, 3.8) is 0 Å². The minimum absolute atomic E-state index is 0.178. The lowest BCUT2D eigenvalue weighted by atomic mass is 10.00. The molecule has 0 radical (unpaired) electrons. The molecule has 0 saturated heterocycles. The molecule has 102 valence electrons. The van der Waals surface area contributed by atoms with Crippen molar-refractivity contribution in [2.45, 2.75) is 12.5 Å². The topological polar surface area (TPSA) is 60.2 Å². The molecule has 0 fully saturated rings. The third-order valence-corrected chi connectivity index (χ3v) is 3.52. The summed E-state index contributed by atoms with van der Waals surface area (Å²) in [6, 6.07) is 12.0. The molecule has 5 heteroatoms. The fraction of sp³-hybridized carbons (Fsp3) is 0.200. The van der Waals surface area contributed by atoms with E-state index >= 15 is 0 Å². The van der Waals surface area contributed by atoms with Gasteiger partial charge in [-0.25, -0.2) is 0 Å². The van der Waals surface area contributed by atoms with Crippen LogP contribution in [0.3, 0.4) is 0 Å². The molecule has 20 heavy (non-hydrogen) atoms. The molecule has 1 aliphatic rings. The van der Waals surface area contributed by atoms with Crippen LogP contribution in [0.15, 0.2) is 42.6 Å². The zero-order chi connectivity index (χ0) is 13.9. The predicted octanol–water partition coefficient (Wildman–Crippen LogP) is 2.65. The second kappa shape index (κ2) is 5.46. The van der Waals surface area contributed by atoms with Gasteiger partial charge in [-0.05, 0) is 18.2 Å². The van der Waals surface area contributed by atoms with Gasteiger partial charge in [-0.2, -0.15) is 0 Å². The van der Waals surface area contributed by atoms with Crippen LogP contribution in [0.25, 0.3) is 0 Å². The van der Waals surface area contributed by atoms with Gasteiger partial charge in [0, 0.05) is 18.2 Å². The van der Waals surface area contributed by atoms with Gasteiger partial charge in [-0.1, -0.05) is 30.4 Å². The molecule has 0 spiro atoms. The molecule has 1 atom stereocenters. The summed E-state index contributed by atoms with van der Waals surface area (Å²) in [5.74, 6) is 0.928. The van der Waals surface area contributed by atoms with E-state index in [1.165, 1.54) is 0 Å². The molecular formula is C15H15N3OS. The van der Waals surface area contributed by atoms with E-state index < -0.39 is 0 Å². The first-order valence-electron chi connectivity index (χ1n) is 6.49. The van der Waals surface area contributed by atoms with Gasteiger partial charge in [-0.15, -0.1) is 0 Å². The van der Waals surface area contributed by atoms with Crippen LogP contribution in [0.2, 0.25) is 0 Å². The van der Waals surface area contributed by atoms with Crippen LogP contribution >= 0.6 is 12.2 Å². The average Bonchev–Trinajstić information content (AvgIpc) is 2.48. The Kier molecular flexibility index (Phi) is 3.52. The number of fused-ring (bicyclic) bond motifs is 1. The van der Waals surface area contributed by atoms with E-state index in [0.717, 1.165) is 23.4 Å². The van der Waals surface area contributed by atoms with Crippen LogP contribution < -0.4 is 15.8 Å². The first-order chi connectivity index (χ1) is 9.75. The maximum atomic E-state index is 5.72. The number of benzene rings is 1. The lowest BCUT2D eigenvalue weighted by Crippen LogP contribution is -2.22. The molecule has 2 heterocycles. The molecule has 3 N–H and O–H groups in total. The Bertz CT molecular complexity index is 645. The van der Waals surface area contributed by atoms with E-state index in [1.807, 2.05) is 30.3 Å². The Labute approximate surface area is 123 Å². The molecule has 0 bridgehead atoms. The second-order valence-electron chi connectivity index (χ2n) is 4.64. The SMILES string of the molecule is NC(=S)c1ncccc1NC1CCOc2ccccc21. The number of anilines is 1. The van der Waals surface area contributed by atoms with E-state index in [0.29, 0.717) is 17.3 Å². The molecule has 1 unspecified atom stereocenters. The number of nitrogens with zero attached hydrogens (tertiary/aromatic N) is 1. The van der Waals surface area contributed by atoms with Gasteiger partial charge in [0.15, 0.2) is 0 Å². The fourth-order valence-electron chi connectivity index (χ4n) is 2.40. The normalized spacial score (nSPS) is 16.9. The van der Waals surface area contributed by atoms with Crippen molar-refractivity contribution in [1.82, 2.24) is 4.98 Å². The Balaban J connectivity index is 1.92. The molecule has 3 rings (SSSR count). The van der Waals surface area contributed by atoms with Gasteiger partial charge >= 0.3 is 0 Å². The van der Waals surface area contributed by atoms with Crippen molar-refractivity contribution in [1.29, 1.82) is 0 Å². The Morgan fingerprint density at radius 3 is 3.00 bits per heavy atom. The Morgan fingerprint density at radius 1 is 1.30 bits per heavy atom. The van der Waals surface area contributed by atoms with Gasteiger partial charge in [-0.3, -0.25) is 4.98 Å². The number of nitrogens with one attached hydrogen (secondary N) is 1. The maximum absolute atomic E-state index is 5.72. The summed E-state index contributed by atoms with van der Waals surface area (Å²) >= 11 is 5.05. The summed E-state index contributed by atoms with van der Waals surface area (Å²) in [7, 11) is 0. The highest BCUT2D eigenvalue weighted by Gasteiger charge is 2.21. The van der Waals surface area contributed by atoms with Gasteiger partial charge in [0.05, 0.1) is 18.3 Å². The molecular weight excluding hydrogens is 270 g/mol. The zero-order valence-corrected chi connectivity index (χ0v) is 11.7. The lowest BCUT2D eigenvalue weighted by molar-refractivity contribution is 0.274. The van der Waals surface area contributed by atoms with Gasteiger partial charge in [0.1, 0.15) is 16.4 Å². The van der Waals surface area contributed by atoms with Gasteiger partial charge in [0.2, 0.25) is 0 Å². The maximum Gasteiger partial charge on any atom is 0.124 e. The fourth-order valence-corrected chi connectivity index (χ4v) is 2.56. The van der Waals surface area contributed by atoms with Crippen LogP contribution in [-0.2, 0) is 0 Å². The van der Waals surface area contributed by atoms with Crippen molar-refractivity contribution >= 4 is 22.9 Å². The lowest BCUT2D eigenvalue weighted by Gasteiger charge is -2.27. The van der Waals surface area contributed by atoms with E-state index in [-0.39, 0.29) is 6.04 Å². The number of rotatable bonds is 3. The van der Waals surface area contributed by atoms with Crippen LogP contribution in [0.1, 0.15) is 23.7 Å². The summed E-state index contributed by atoms with van der Waals surface area (Å²) < 4.78 is 5.66. The largest absolute Gasteiger partial charge is 0.493 e. The number of ether oxygens (including phenoxy) is 1. The second-order valence-corrected chi connectivity index (χ2v) is 5.08. The van der Waals surface area contributed by atoms with Crippen molar-refractivity contribution in [3.8, 4) is 5.75 Å². The van der Waals surface area contributed by atoms with E-state index in [9.17, 15) is 0 Å². The van der Waals surface area contributed by atoms with Crippen molar-refractivity contribution in [3.05, 3.63) is 53.9 Å². The first kappa shape index (κ1) is 12.9. The molecule has 2 aromatic rings. The highest BCUT2D eigenvalue weighted by Crippen LogP contribution is 2.34. The van der Waals surface area contributed by atoms with Crippen LogP contribution in [0.4, 0.5) is 5.69 Å². The Hall–Kier alpha value is -2.14. The first-order valence-corrected chi connectivity index (χ1v) is 6.89. The van der Waals surface area contributed by atoms with Crippen LogP contribution in [0, 0.1) is 0 Å². The number of hydrogen-bond donors (Lipinski definition) is 2. The highest BCUT2D eigenvalue weighted by atomic mass is 32.1. The van der Waals surface area contributed by atoms with Gasteiger partial charge < -0.3 is 15.8 Å². The quantitative estimate of drug-likeness (QED) is 0.849. The average molecular weight is 285 g/mol. The smallest absolute Gasteiger partial charge is 0.124 e. The summed E-state index contributed by atoms with van der Waals surface area (Å²) in [5.41, 5.74) is 8.36. The summed E-state index contributed by atoms with van der Waals surface area (Å²) in [5, 5.41) is 3.48. The standard InChI is InChI=1S/C15H15N3OS/c16-15(20)14-12(5-3-8-17-14)18-11-7-9-19-13-6-2-1-4-10(11)13/h1-6,8,11,18H,7,9H2,(H2,16,20). The molecule has 0 aliphatic carbocycles. The van der Waals surface area contributed by atoms with E-state index in [1.54, 1.807) is 6.20 Å². The third-order valence-electron chi connectivity index (χ3n) is 3.33. The minimum atomic E-state index is 0.178. The number of aromatic nitrogens is 1. The molecule has 0 amide bonds. The number of pyridine rings is 1. The predicted molar refractivity (Wildman–Crippen MR) is 83.0 cm³/mol. The summed E-state index contributed by atoms with van der Waals surface area (Å²) in [6.07, 6.45) is 2.58.